The monoisotopic (exact) mass is 550 g/mol. The number of sulfone groups is 1. The van der Waals surface area contributed by atoms with Gasteiger partial charge < -0.3 is 15.1 Å². The molecule has 0 atom stereocenters. The predicted molar refractivity (Wildman–Crippen MR) is 139 cm³/mol. The number of hydrogen-bond acceptors (Lipinski definition) is 4. The molecular formula is C22H39IN4O2S. The lowest BCUT2D eigenvalue weighted by Crippen LogP contribution is -2.39. The van der Waals surface area contributed by atoms with Gasteiger partial charge >= 0.3 is 0 Å². The van der Waals surface area contributed by atoms with Gasteiger partial charge in [-0.25, -0.2) is 8.42 Å². The number of benzene rings is 1. The Morgan fingerprint density at radius 3 is 2.27 bits per heavy atom. The third-order valence-electron chi connectivity index (χ3n) is 5.33. The molecule has 1 aliphatic heterocycles. The number of piperidine rings is 1. The topological polar surface area (TPSA) is 65.0 Å². The van der Waals surface area contributed by atoms with E-state index in [-0.39, 0.29) is 36.3 Å². The maximum absolute atomic E-state index is 12.3. The first kappa shape index (κ1) is 27.0. The summed E-state index contributed by atoms with van der Waals surface area (Å²) in [5.41, 5.74) is 2.50. The van der Waals surface area contributed by atoms with Crippen molar-refractivity contribution in [2.75, 3.05) is 43.9 Å². The zero-order valence-electron chi connectivity index (χ0n) is 19.1. The molecule has 30 heavy (non-hydrogen) atoms. The van der Waals surface area contributed by atoms with Crippen LogP contribution in [0.3, 0.4) is 0 Å². The predicted octanol–water partition coefficient (Wildman–Crippen LogP) is 3.91. The summed E-state index contributed by atoms with van der Waals surface area (Å²) in [6, 6.07) is 8.76. The van der Waals surface area contributed by atoms with E-state index in [4.69, 9.17) is 0 Å². The summed E-state index contributed by atoms with van der Waals surface area (Å²) in [6.07, 6.45) is 3.89. The zero-order chi connectivity index (χ0) is 21.5. The Balaban J connectivity index is 0.00000450. The van der Waals surface area contributed by atoms with Crippen molar-refractivity contribution in [2.24, 2.45) is 4.99 Å². The first-order valence-corrected chi connectivity index (χ1v) is 12.3. The van der Waals surface area contributed by atoms with Gasteiger partial charge in [0.25, 0.3) is 0 Å². The van der Waals surface area contributed by atoms with Crippen LogP contribution in [0.2, 0.25) is 0 Å². The van der Waals surface area contributed by atoms with E-state index in [1.807, 2.05) is 18.9 Å². The first-order chi connectivity index (χ1) is 13.6. The second-order valence-corrected chi connectivity index (χ2v) is 11.6. The standard InChI is InChI=1S/C22H38N4O2S.HI/c1-6-23-21(24-14-17-29(27,28)22(2,3)4)25(5)18-19-10-12-20(13-11-19)26-15-8-7-9-16-26;/h10-13H,6-9,14-18H2,1-5H3,(H,23,24);1H. The average Bonchev–Trinajstić information content (AvgIpc) is 2.67. The second kappa shape index (κ2) is 12.1. The largest absolute Gasteiger partial charge is 0.372 e. The first-order valence-electron chi connectivity index (χ1n) is 10.7. The molecule has 2 rings (SSSR count). The smallest absolute Gasteiger partial charge is 0.193 e. The highest BCUT2D eigenvalue weighted by atomic mass is 127. The fraction of sp³-hybridized carbons (Fsp3) is 0.682. The van der Waals surface area contributed by atoms with Crippen molar-refractivity contribution < 1.29 is 8.42 Å². The minimum absolute atomic E-state index is 0. The molecule has 0 amide bonds. The van der Waals surface area contributed by atoms with Crippen LogP contribution in [-0.2, 0) is 16.4 Å². The Morgan fingerprint density at radius 2 is 1.73 bits per heavy atom. The van der Waals surface area contributed by atoms with Gasteiger partial charge in [0.15, 0.2) is 15.8 Å². The molecule has 0 unspecified atom stereocenters. The van der Waals surface area contributed by atoms with E-state index < -0.39 is 14.6 Å². The number of nitrogens with one attached hydrogen (secondary N) is 1. The summed E-state index contributed by atoms with van der Waals surface area (Å²) in [5, 5.41) is 3.26. The molecule has 0 saturated carbocycles. The summed E-state index contributed by atoms with van der Waals surface area (Å²) < 4.78 is 23.9. The van der Waals surface area contributed by atoms with E-state index in [9.17, 15) is 8.42 Å². The number of hydrogen-bond donors (Lipinski definition) is 1. The molecule has 1 fully saturated rings. The fourth-order valence-electron chi connectivity index (χ4n) is 3.36. The lowest BCUT2D eigenvalue weighted by Gasteiger charge is -2.29. The van der Waals surface area contributed by atoms with Crippen molar-refractivity contribution in [3.8, 4) is 0 Å². The molecule has 1 aromatic rings. The summed E-state index contributed by atoms with van der Waals surface area (Å²) in [5.74, 6) is 0.792. The lowest BCUT2D eigenvalue weighted by molar-refractivity contribution is 0.477. The fourth-order valence-corrected chi connectivity index (χ4v) is 4.30. The third kappa shape index (κ3) is 7.90. The number of anilines is 1. The molecule has 172 valence electrons. The van der Waals surface area contributed by atoms with Gasteiger partial charge in [0, 0.05) is 38.9 Å². The molecule has 0 radical (unpaired) electrons. The molecule has 6 nitrogen and oxygen atoms in total. The summed E-state index contributed by atoms with van der Waals surface area (Å²) in [4.78, 5) is 9.04. The number of guanidine groups is 1. The van der Waals surface area contributed by atoms with Gasteiger partial charge in [0.1, 0.15) is 0 Å². The van der Waals surface area contributed by atoms with Crippen molar-refractivity contribution in [3.63, 3.8) is 0 Å². The molecule has 1 aliphatic rings. The van der Waals surface area contributed by atoms with E-state index in [1.54, 1.807) is 20.8 Å². The van der Waals surface area contributed by atoms with Gasteiger partial charge in [-0.1, -0.05) is 12.1 Å². The summed E-state index contributed by atoms with van der Waals surface area (Å²) in [6.45, 7) is 11.2. The van der Waals surface area contributed by atoms with Gasteiger partial charge in [-0.15, -0.1) is 24.0 Å². The highest BCUT2D eigenvalue weighted by molar-refractivity contribution is 14.0. The Labute approximate surface area is 200 Å². The zero-order valence-corrected chi connectivity index (χ0v) is 22.3. The van der Waals surface area contributed by atoms with Gasteiger partial charge in [-0.3, -0.25) is 4.99 Å². The molecule has 0 aromatic heterocycles. The maximum Gasteiger partial charge on any atom is 0.193 e. The van der Waals surface area contributed by atoms with Crippen LogP contribution in [0.15, 0.2) is 29.3 Å². The van der Waals surface area contributed by atoms with Crippen LogP contribution < -0.4 is 10.2 Å². The van der Waals surface area contributed by atoms with E-state index >= 15 is 0 Å². The Bertz CT molecular complexity index is 767. The summed E-state index contributed by atoms with van der Waals surface area (Å²) >= 11 is 0. The van der Waals surface area contributed by atoms with E-state index in [1.165, 1.54) is 30.5 Å². The van der Waals surface area contributed by atoms with Gasteiger partial charge in [0.2, 0.25) is 0 Å². The minimum Gasteiger partial charge on any atom is -0.372 e. The van der Waals surface area contributed by atoms with Gasteiger partial charge in [-0.05, 0) is 64.7 Å². The third-order valence-corrected chi connectivity index (χ3v) is 7.91. The second-order valence-electron chi connectivity index (χ2n) is 8.74. The minimum atomic E-state index is -3.17. The Morgan fingerprint density at radius 1 is 1.13 bits per heavy atom. The Kier molecular flexibility index (Phi) is 10.9. The van der Waals surface area contributed by atoms with Crippen LogP contribution in [0.25, 0.3) is 0 Å². The van der Waals surface area contributed by atoms with E-state index in [2.05, 4.69) is 39.5 Å². The summed E-state index contributed by atoms with van der Waals surface area (Å²) in [7, 11) is -1.18. The van der Waals surface area contributed by atoms with Crippen LogP contribution in [0, 0.1) is 0 Å². The van der Waals surface area contributed by atoms with E-state index in [0.29, 0.717) is 0 Å². The number of halogens is 1. The average molecular weight is 551 g/mol. The van der Waals surface area contributed by atoms with Crippen molar-refractivity contribution in [1.82, 2.24) is 10.2 Å². The van der Waals surface area contributed by atoms with Crippen LogP contribution in [0.4, 0.5) is 5.69 Å². The molecule has 0 bridgehead atoms. The van der Waals surface area contributed by atoms with Crippen LogP contribution in [0.1, 0.15) is 52.5 Å². The molecule has 1 heterocycles. The van der Waals surface area contributed by atoms with Crippen LogP contribution >= 0.6 is 24.0 Å². The number of nitrogens with zero attached hydrogens (tertiary/aromatic N) is 3. The normalized spacial score (nSPS) is 15.5. The van der Waals surface area contributed by atoms with Crippen molar-refractivity contribution >= 4 is 45.5 Å². The van der Waals surface area contributed by atoms with Crippen LogP contribution in [-0.4, -0.2) is 63.0 Å². The molecule has 0 aliphatic carbocycles. The molecule has 8 heteroatoms. The highest BCUT2D eigenvalue weighted by Crippen LogP contribution is 2.20. The van der Waals surface area contributed by atoms with Crippen molar-refractivity contribution in [2.45, 2.75) is 58.2 Å². The van der Waals surface area contributed by atoms with Crippen molar-refractivity contribution in [1.29, 1.82) is 0 Å². The van der Waals surface area contributed by atoms with Gasteiger partial charge in [-0.2, -0.15) is 0 Å². The maximum atomic E-state index is 12.3. The van der Waals surface area contributed by atoms with Gasteiger partial charge in [0.05, 0.1) is 17.0 Å². The molecular weight excluding hydrogens is 511 g/mol. The lowest BCUT2D eigenvalue weighted by atomic mass is 10.1. The molecule has 1 aromatic carbocycles. The molecule has 1 N–H and O–H groups in total. The number of rotatable bonds is 7. The molecule has 0 spiro atoms. The van der Waals surface area contributed by atoms with Crippen LogP contribution in [0.5, 0.6) is 0 Å². The molecule has 1 saturated heterocycles. The quantitative estimate of drug-likeness (QED) is 0.317. The SMILES string of the molecule is CCNC(=NCCS(=O)(=O)C(C)(C)C)N(C)Cc1ccc(N2CCCCC2)cc1.I. The Hall–Kier alpha value is -1.03. The van der Waals surface area contributed by atoms with E-state index in [0.717, 1.165) is 32.1 Å². The number of aliphatic imine (C=N–C) groups is 1. The van der Waals surface area contributed by atoms with Crippen molar-refractivity contribution in [3.05, 3.63) is 29.8 Å². The highest BCUT2D eigenvalue weighted by Gasteiger charge is 2.28.